The maximum Gasteiger partial charge on any atom is 0.264 e. The first kappa shape index (κ1) is 36.6. The molecule has 5 aromatic heterocycles. The van der Waals surface area contributed by atoms with E-state index in [2.05, 4.69) is 6.08 Å². The normalized spacial score (nSPS) is 15.6. The smallest absolute Gasteiger partial charge is 0.264 e. The fourth-order valence-corrected chi connectivity index (χ4v) is 12.3. The van der Waals surface area contributed by atoms with Crippen molar-refractivity contribution in [2.24, 2.45) is 0 Å². The average molecular weight is 903 g/mol. The number of nitrogens with zero attached hydrogens (tertiary/aromatic N) is 4. The summed E-state index contributed by atoms with van der Waals surface area (Å²) in [7, 11) is 0. The zero-order valence-electron chi connectivity index (χ0n) is 36.6. The zero-order valence-corrected chi connectivity index (χ0v) is 36.6. The average Bonchev–Trinajstić information content (AvgIpc) is 3.99. The quantitative estimate of drug-likeness (QED) is 0.148. The van der Waals surface area contributed by atoms with Gasteiger partial charge in [0.05, 0.1) is 38.8 Å². The Morgan fingerprint density at radius 1 is 0.429 bits per heavy atom. The van der Waals surface area contributed by atoms with Gasteiger partial charge in [-0.15, -0.1) is 0 Å². The van der Waals surface area contributed by atoms with Crippen LogP contribution in [0.1, 0.15) is 17.0 Å². The van der Waals surface area contributed by atoms with E-state index < -0.39 is 12.0 Å². The van der Waals surface area contributed by atoms with E-state index in [0.29, 0.717) is 89.1 Å². The van der Waals surface area contributed by atoms with Gasteiger partial charge in [-0.2, -0.15) is 0 Å². The third-order valence-corrected chi connectivity index (χ3v) is 15.0. The van der Waals surface area contributed by atoms with Crippen molar-refractivity contribution in [3.8, 4) is 28.4 Å². The van der Waals surface area contributed by atoms with E-state index in [9.17, 15) is 0 Å². The number of para-hydroxylation sites is 8. The van der Waals surface area contributed by atoms with E-state index in [1.165, 1.54) is 0 Å². The second-order valence-corrected chi connectivity index (χ2v) is 18.5. The molecule has 0 fully saturated rings. The van der Waals surface area contributed by atoms with Crippen LogP contribution in [0, 0.1) is 0 Å². The van der Waals surface area contributed by atoms with Crippen LogP contribution in [0.4, 0.5) is 0 Å². The van der Waals surface area contributed by atoms with Crippen molar-refractivity contribution < 1.29 is 18.3 Å². The third kappa shape index (κ3) is 4.44. The molecule has 0 spiro atoms. The van der Waals surface area contributed by atoms with Gasteiger partial charge in [0.25, 0.3) is 11.1 Å². The number of benzene rings is 9. The van der Waals surface area contributed by atoms with Crippen LogP contribution in [0.3, 0.4) is 0 Å². The number of hydrogen-bond donors (Lipinski definition) is 0. The molecule has 14 aromatic rings. The Balaban J connectivity index is 1.23. The first-order chi connectivity index (χ1) is 34.6. The molecule has 3 aliphatic rings. The Bertz CT molecular complexity index is 5100. The Morgan fingerprint density at radius 2 is 0.986 bits per heavy atom. The standard InChI is InChI=1S/C60H30N4O6/c65-59-35-27-47-53-51-45(67-41-21-9-1-13-29(41)31-15-3-11-23-43(31)69-47)25-33-49-36(60(66)63-39-19-7-5-17-37(39)61-57(33)63)28-48-54(55(49)51)52-46(68-42-22-10-2-14-30(42)32-16-4-12-24-44(32)70-48)26-34(50(35)56(52)53)58-62-38-18-6-8-20-40(38)64(58)59/h1-28,45,51H. The monoisotopic (exact) mass is 902 g/mol. The van der Waals surface area contributed by atoms with Crippen molar-refractivity contribution in [2.45, 2.75) is 12.0 Å². The molecule has 326 valence electrons. The molecule has 9 aromatic carbocycles. The molecule has 0 amide bonds. The van der Waals surface area contributed by atoms with Crippen molar-refractivity contribution in [1.82, 2.24) is 18.8 Å². The van der Waals surface area contributed by atoms with Crippen molar-refractivity contribution in [3.63, 3.8) is 0 Å². The van der Waals surface area contributed by atoms with Crippen LogP contribution >= 0.6 is 0 Å². The highest BCUT2D eigenvalue weighted by Crippen LogP contribution is 2.57. The fourth-order valence-electron chi connectivity index (χ4n) is 12.3. The number of imidazole rings is 2. The summed E-state index contributed by atoms with van der Waals surface area (Å²) in [4.78, 5) is 41.4. The van der Waals surface area contributed by atoms with Gasteiger partial charge in [-0.25, -0.2) is 9.97 Å². The summed E-state index contributed by atoms with van der Waals surface area (Å²) < 4.78 is 33.1. The molecule has 0 saturated carbocycles. The summed E-state index contributed by atoms with van der Waals surface area (Å²) in [5.74, 6) is 1.10. The topological polar surface area (TPSA) is 113 Å². The molecular weight excluding hydrogens is 873 g/mol. The second-order valence-electron chi connectivity index (χ2n) is 18.5. The first-order valence-corrected chi connectivity index (χ1v) is 23.3. The van der Waals surface area contributed by atoms with Gasteiger partial charge in [0.1, 0.15) is 57.0 Å². The minimum absolute atomic E-state index is 0.221. The van der Waals surface area contributed by atoms with E-state index in [1.807, 2.05) is 164 Å². The highest BCUT2D eigenvalue weighted by Gasteiger charge is 2.42. The van der Waals surface area contributed by atoms with Gasteiger partial charge in [-0.3, -0.25) is 18.4 Å². The van der Waals surface area contributed by atoms with E-state index in [4.69, 9.17) is 28.3 Å². The summed E-state index contributed by atoms with van der Waals surface area (Å²) in [6.45, 7) is 0. The van der Waals surface area contributed by atoms with Crippen LogP contribution in [0.15, 0.2) is 182 Å². The van der Waals surface area contributed by atoms with Crippen molar-refractivity contribution in [2.75, 3.05) is 0 Å². The molecular formula is C60H30N4O6. The number of fused-ring (bicyclic) bond motifs is 14. The van der Waals surface area contributed by atoms with Crippen molar-refractivity contribution >= 4 is 116 Å². The predicted molar refractivity (Wildman–Crippen MR) is 274 cm³/mol. The van der Waals surface area contributed by atoms with Gasteiger partial charge in [-0.05, 0) is 78.4 Å². The van der Waals surface area contributed by atoms with Gasteiger partial charge < -0.3 is 18.3 Å². The molecule has 0 N–H and O–H groups in total. The molecule has 17 rings (SSSR count). The summed E-state index contributed by atoms with van der Waals surface area (Å²) in [5, 5.41) is 7.70. The van der Waals surface area contributed by atoms with Gasteiger partial charge in [-0.1, -0.05) is 97.1 Å². The highest BCUT2D eigenvalue weighted by atomic mass is 16.5. The summed E-state index contributed by atoms with van der Waals surface area (Å²) >= 11 is 0. The lowest BCUT2D eigenvalue weighted by molar-refractivity contribution is 0.243. The van der Waals surface area contributed by atoms with E-state index in [-0.39, 0.29) is 11.1 Å². The molecule has 1 aliphatic heterocycles. The lowest BCUT2D eigenvalue weighted by atomic mass is 9.71. The lowest BCUT2D eigenvalue weighted by Gasteiger charge is -2.37. The van der Waals surface area contributed by atoms with Crippen LogP contribution in [0.5, 0.6) is 17.2 Å². The number of ether oxygens (including phenoxy) is 2. The minimum atomic E-state index is -0.709. The Kier molecular flexibility index (Phi) is 6.64. The van der Waals surface area contributed by atoms with Gasteiger partial charge in [0.15, 0.2) is 0 Å². The Hall–Kier alpha value is -9.54. The van der Waals surface area contributed by atoms with Crippen LogP contribution in [0.25, 0.3) is 127 Å². The zero-order chi connectivity index (χ0) is 45.7. The molecule has 2 unspecified atom stereocenters. The maximum atomic E-state index is 15.5. The van der Waals surface area contributed by atoms with Gasteiger partial charge >= 0.3 is 0 Å². The van der Waals surface area contributed by atoms with Gasteiger partial charge in [0.2, 0.25) is 0 Å². The first-order valence-electron chi connectivity index (χ1n) is 23.3. The fraction of sp³-hybridized carbons (Fsp3) is 0.0333. The highest BCUT2D eigenvalue weighted by molar-refractivity contribution is 6.33. The molecule has 2 aliphatic carbocycles. The number of hydrogen-bond acceptors (Lipinski definition) is 8. The largest absolute Gasteiger partial charge is 0.485 e. The number of rotatable bonds is 0. The third-order valence-electron chi connectivity index (χ3n) is 15.0. The molecule has 6 heterocycles. The Morgan fingerprint density at radius 3 is 1.71 bits per heavy atom. The molecule has 0 saturated heterocycles. The minimum Gasteiger partial charge on any atom is -0.485 e. The van der Waals surface area contributed by atoms with Crippen molar-refractivity contribution in [3.05, 3.63) is 201 Å². The second kappa shape index (κ2) is 12.7. The SMILES string of the molecule is O=c1c2cc3oc4ccccc4c4ccccc4oc4cc5c6c(cc7c8c6c4c3c3c2c(c2nc4ccccc4n12)=CC(Oc1ccccc1-c1ccccc1O7)C38)c(=O)n1c2ccccc2nc51. The lowest BCUT2D eigenvalue weighted by Crippen LogP contribution is -2.35. The summed E-state index contributed by atoms with van der Waals surface area (Å²) in [6.07, 6.45) is 1.43. The van der Waals surface area contributed by atoms with Gasteiger partial charge in [0, 0.05) is 65.0 Å². The molecule has 10 heteroatoms. The van der Waals surface area contributed by atoms with E-state index in [1.54, 1.807) is 8.80 Å². The molecule has 70 heavy (non-hydrogen) atoms. The molecule has 0 radical (unpaired) electrons. The molecule has 0 bridgehead atoms. The van der Waals surface area contributed by atoms with Crippen LogP contribution < -0.4 is 25.8 Å². The van der Waals surface area contributed by atoms with Crippen LogP contribution in [-0.4, -0.2) is 24.9 Å². The van der Waals surface area contributed by atoms with Crippen LogP contribution in [-0.2, 0) is 0 Å². The predicted octanol–water partition coefficient (Wildman–Crippen LogP) is 12.6. The van der Waals surface area contributed by atoms with E-state index >= 15 is 9.59 Å². The van der Waals surface area contributed by atoms with E-state index in [0.717, 1.165) is 65.2 Å². The Labute approximate surface area is 392 Å². The summed E-state index contributed by atoms with van der Waals surface area (Å²) in [5.41, 5.74) is 8.82. The molecule has 10 nitrogen and oxygen atoms in total. The maximum absolute atomic E-state index is 15.5. The number of pyridine rings is 2. The molecule has 2 atom stereocenters. The van der Waals surface area contributed by atoms with Crippen molar-refractivity contribution in [1.29, 1.82) is 0 Å². The number of aromatic nitrogens is 4. The summed E-state index contributed by atoms with van der Waals surface area (Å²) in [6, 6.07) is 53.1. The van der Waals surface area contributed by atoms with Crippen LogP contribution in [0.2, 0.25) is 0 Å².